The fourth-order valence-corrected chi connectivity index (χ4v) is 2.98. The lowest BCUT2D eigenvalue weighted by molar-refractivity contribution is 0.0183. The van der Waals surface area contributed by atoms with Crippen molar-refractivity contribution in [1.29, 1.82) is 0 Å². The summed E-state index contributed by atoms with van der Waals surface area (Å²) in [6.45, 7) is 2.42. The van der Waals surface area contributed by atoms with Crippen molar-refractivity contribution in [3.63, 3.8) is 0 Å². The van der Waals surface area contributed by atoms with E-state index in [4.69, 9.17) is 4.74 Å². The molecule has 92 valence electrons. The van der Waals surface area contributed by atoms with Gasteiger partial charge in [-0.1, -0.05) is 0 Å². The van der Waals surface area contributed by atoms with Gasteiger partial charge in [-0.15, -0.1) is 11.3 Å². The Kier molecular flexibility index (Phi) is 6.41. The van der Waals surface area contributed by atoms with E-state index in [1.54, 1.807) is 11.3 Å². The third-order valence-corrected chi connectivity index (χ3v) is 4.03. The minimum absolute atomic E-state index is 0.199. The predicted molar refractivity (Wildman–Crippen MR) is 65.3 cm³/mol. The minimum Gasteiger partial charge on any atom is -0.374 e. The summed E-state index contributed by atoms with van der Waals surface area (Å²) in [5, 5.41) is 5.21. The van der Waals surface area contributed by atoms with Crippen LogP contribution < -0.4 is 5.32 Å². The maximum atomic E-state index is 11.7. The van der Waals surface area contributed by atoms with Crippen molar-refractivity contribution < 1.29 is 13.5 Å². The van der Waals surface area contributed by atoms with Crippen LogP contribution >= 0.6 is 27.3 Å². The van der Waals surface area contributed by atoms with Gasteiger partial charge in [0.2, 0.25) is 0 Å². The molecule has 0 spiro atoms. The fourth-order valence-electron chi connectivity index (χ4n) is 1.23. The second-order valence-corrected chi connectivity index (χ2v) is 5.08. The molecule has 0 bridgehead atoms. The van der Waals surface area contributed by atoms with Gasteiger partial charge in [0.05, 0.1) is 6.61 Å². The highest BCUT2D eigenvalue weighted by Gasteiger charge is 2.09. The summed E-state index contributed by atoms with van der Waals surface area (Å²) in [5.41, 5.74) is 0. The smallest absolute Gasteiger partial charge is 0.261 e. The first kappa shape index (κ1) is 14.0. The monoisotopic (exact) mass is 313 g/mol. The number of hydrogen-bond donors (Lipinski definition) is 1. The van der Waals surface area contributed by atoms with Gasteiger partial charge < -0.3 is 10.1 Å². The number of halogens is 3. The van der Waals surface area contributed by atoms with Crippen LogP contribution in [-0.2, 0) is 4.74 Å². The Balaban J connectivity index is 2.16. The number of alkyl halides is 2. The van der Waals surface area contributed by atoms with Gasteiger partial charge in [-0.3, -0.25) is 0 Å². The van der Waals surface area contributed by atoms with Gasteiger partial charge in [0.15, 0.2) is 0 Å². The van der Waals surface area contributed by atoms with Crippen molar-refractivity contribution in [2.24, 2.45) is 0 Å². The molecule has 1 unspecified atom stereocenters. The predicted octanol–water partition coefficient (Wildman–Crippen LogP) is 3.44. The Morgan fingerprint density at radius 2 is 2.31 bits per heavy atom. The maximum Gasteiger partial charge on any atom is 0.261 e. The molecule has 1 aromatic rings. The first-order valence-electron chi connectivity index (χ1n) is 4.93. The average molecular weight is 314 g/mol. The van der Waals surface area contributed by atoms with Gasteiger partial charge in [-0.25, -0.2) is 8.78 Å². The summed E-state index contributed by atoms with van der Waals surface area (Å²) >= 11 is 5.10. The highest BCUT2D eigenvalue weighted by Crippen LogP contribution is 2.28. The van der Waals surface area contributed by atoms with E-state index < -0.39 is 13.0 Å². The van der Waals surface area contributed by atoms with Crippen LogP contribution in [0, 0.1) is 0 Å². The van der Waals surface area contributed by atoms with E-state index in [2.05, 4.69) is 21.2 Å². The van der Waals surface area contributed by atoms with Crippen LogP contribution in [0.2, 0.25) is 0 Å². The lowest BCUT2D eigenvalue weighted by Crippen LogP contribution is -2.23. The molecule has 6 heteroatoms. The summed E-state index contributed by atoms with van der Waals surface area (Å²) in [4.78, 5) is 1.20. The highest BCUT2D eigenvalue weighted by atomic mass is 79.9. The summed E-state index contributed by atoms with van der Waals surface area (Å²) in [6, 6.07) is 2.19. The number of thiophene rings is 1. The Hall–Kier alpha value is -0.0400. The van der Waals surface area contributed by atoms with Gasteiger partial charge in [-0.05, 0) is 34.3 Å². The molecule has 0 radical (unpaired) electrons. The molecule has 16 heavy (non-hydrogen) atoms. The van der Waals surface area contributed by atoms with E-state index in [0.717, 1.165) is 4.47 Å². The van der Waals surface area contributed by atoms with Gasteiger partial charge >= 0.3 is 0 Å². The van der Waals surface area contributed by atoms with E-state index in [1.807, 2.05) is 18.4 Å². The van der Waals surface area contributed by atoms with Gasteiger partial charge in [0, 0.05) is 21.9 Å². The molecule has 0 aliphatic rings. The normalized spacial score (nSPS) is 13.3. The Morgan fingerprint density at radius 1 is 1.56 bits per heavy atom. The van der Waals surface area contributed by atoms with E-state index in [1.165, 1.54) is 4.88 Å². The molecule has 2 nitrogen and oxygen atoms in total. The van der Waals surface area contributed by atoms with Gasteiger partial charge in [-0.2, -0.15) is 0 Å². The molecule has 0 aliphatic heterocycles. The van der Waals surface area contributed by atoms with E-state index in [-0.39, 0.29) is 6.04 Å². The molecule has 1 atom stereocenters. The number of ether oxygens (including phenoxy) is 1. The molecule has 1 N–H and O–H groups in total. The third-order valence-electron chi connectivity index (χ3n) is 1.98. The van der Waals surface area contributed by atoms with Gasteiger partial charge in [0.1, 0.15) is 6.61 Å². The SMILES string of the molecule is CC(NCCOCC(F)F)c1sccc1Br. The van der Waals surface area contributed by atoms with Gasteiger partial charge in [0.25, 0.3) is 6.43 Å². The third kappa shape index (κ3) is 4.86. The van der Waals surface area contributed by atoms with Crippen LogP contribution in [0.4, 0.5) is 8.78 Å². The molecule has 1 rings (SSSR count). The molecule has 0 amide bonds. The first-order chi connectivity index (χ1) is 7.61. The molecule has 0 aromatic carbocycles. The number of rotatable bonds is 7. The van der Waals surface area contributed by atoms with E-state index in [9.17, 15) is 8.78 Å². The molecule has 0 saturated carbocycles. The topological polar surface area (TPSA) is 21.3 Å². The molecular formula is C10H14BrF2NOS. The maximum absolute atomic E-state index is 11.7. The lowest BCUT2D eigenvalue weighted by Gasteiger charge is -2.12. The second-order valence-electron chi connectivity index (χ2n) is 3.27. The van der Waals surface area contributed by atoms with E-state index in [0.29, 0.717) is 13.2 Å². The zero-order valence-electron chi connectivity index (χ0n) is 8.88. The first-order valence-corrected chi connectivity index (χ1v) is 6.60. The highest BCUT2D eigenvalue weighted by molar-refractivity contribution is 9.10. The molecular weight excluding hydrogens is 300 g/mol. The van der Waals surface area contributed by atoms with Crippen LogP contribution in [0.15, 0.2) is 15.9 Å². The number of hydrogen-bond acceptors (Lipinski definition) is 3. The van der Waals surface area contributed by atoms with Crippen molar-refractivity contribution in [2.75, 3.05) is 19.8 Å². The van der Waals surface area contributed by atoms with Crippen LogP contribution in [0.1, 0.15) is 17.8 Å². The quantitative estimate of drug-likeness (QED) is 0.779. The summed E-state index contributed by atoms with van der Waals surface area (Å²) in [5.74, 6) is 0. The number of nitrogens with one attached hydrogen (secondary N) is 1. The molecule has 1 aromatic heterocycles. The lowest BCUT2D eigenvalue weighted by atomic mass is 10.3. The summed E-state index contributed by atoms with van der Waals surface area (Å²) in [6.07, 6.45) is -2.39. The average Bonchev–Trinajstić information content (AvgIpc) is 2.63. The Labute approximate surface area is 106 Å². The largest absolute Gasteiger partial charge is 0.374 e. The van der Waals surface area contributed by atoms with Crippen molar-refractivity contribution in [2.45, 2.75) is 19.4 Å². The summed E-state index contributed by atoms with van der Waals surface area (Å²) < 4.78 is 29.3. The fraction of sp³-hybridized carbons (Fsp3) is 0.600. The molecule has 0 fully saturated rings. The van der Waals surface area contributed by atoms with Crippen molar-refractivity contribution >= 4 is 27.3 Å². The van der Waals surface area contributed by atoms with Crippen LogP contribution in [-0.4, -0.2) is 26.2 Å². The van der Waals surface area contributed by atoms with Crippen LogP contribution in [0.5, 0.6) is 0 Å². The summed E-state index contributed by atoms with van der Waals surface area (Å²) in [7, 11) is 0. The van der Waals surface area contributed by atoms with Crippen LogP contribution in [0.25, 0.3) is 0 Å². The molecule has 1 heterocycles. The zero-order valence-corrected chi connectivity index (χ0v) is 11.3. The zero-order chi connectivity index (χ0) is 12.0. The molecule has 0 aliphatic carbocycles. The van der Waals surface area contributed by atoms with Crippen molar-refractivity contribution in [3.05, 3.63) is 20.8 Å². The van der Waals surface area contributed by atoms with E-state index >= 15 is 0 Å². The van der Waals surface area contributed by atoms with Crippen molar-refractivity contribution in [3.8, 4) is 0 Å². The van der Waals surface area contributed by atoms with Crippen molar-refractivity contribution in [1.82, 2.24) is 5.32 Å². The molecule has 0 saturated heterocycles. The Morgan fingerprint density at radius 3 is 2.88 bits per heavy atom. The second kappa shape index (κ2) is 7.32. The minimum atomic E-state index is -2.39. The van der Waals surface area contributed by atoms with Crippen LogP contribution in [0.3, 0.4) is 0 Å². The standard InChI is InChI=1S/C10H14BrF2NOS/c1-7(10-8(11)2-5-16-10)14-3-4-15-6-9(12)13/h2,5,7,9,14H,3-4,6H2,1H3. The Bertz CT molecular complexity index is 309.